The molecule has 27 heavy (non-hydrogen) atoms. The first-order valence-corrected chi connectivity index (χ1v) is 9.48. The number of carbonyl (C=O) groups excluding carboxylic acids is 2. The average molecular weight is 389 g/mol. The number of hydrogen-bond donors (Lipinski definition) is 1. The van der Waals surface area contributed by atoms with Crippen molar-refractivity contribution in [3.8, 4) is 0 Å². The van der Waals surface area contributed by atoms with Crippen LogP contribution in [-0.2, 0) is 11.2 Å². The van der Waals surface area contributed by atoms with Gasteiger partial charge in [-0.1, -0.05) is 29.8 Å². The lowest BCUT2D eigenvalue weighted by Crippen LogP contribution is -2.43. The van der Waals surface area contributed by atoms with Gasteiger partial charge in [-0.15, -0.1) is 0 Å². The molecule has 6 heteroatoms. The summed E-state index contributed by atoms with van der Waals surface area (Å²) < 4.78 is 13.3. The molecule has 0 spiro atoms. The molecule has 0 aliphatic carbocycles. The van der Waals surface area contributed by atoms with E-state index in [1.165, 1.54) is 18.2 Å². The van der Waals surface area contributed by atoms with Gasteiger partial charge in [-0.25, -0.2) is 4.39 Å². The van der Waals surface area contributed by atoms with Gasteiger partial charge in [0.05, 0.1) is 0 Å². The van der Waals surface area contributed by atoms with E-state index in [0.29, 0.717) is 43.1 Å². The molecule has 142 valence electrons. The van der Waals surface area contributed by atoms with E-state index in [4.69, 9.17) is 11.6 Å². The molecule has 2 aromatic rings. The molecule has 1 saturated heterocycles. The van der Waals surface area contributed by atoms with Crippen molar-refractivity contribution < 1.29 is 14.0 Å². The Morgan fingerprint density at radius 1 is 1.11 bits per heavy atom. The fourth-order valence-corrected chi connectivity index (χ4v) is 3.40. The zero-order valence-electron chi connectivity index (χ0n) is 15.0. The van der Waals surface area contributed by atoms with Crippen LogP contribution in [0.2, 0.25) is 5.02 Å². The van der Waals surface area contributed by atoms with Crippen molar-refractivity contribution in [2.24, 2.45) is 5.92 Å². The summed E-state index contributed by atoms with van der Waals surface area (Å²) in [5.41, 5.74) is 1.47. The van der Waals surface area contributed by atoms with Crippen LogP contribution < -0.4 is 5.32 Å². The van der Waals surface area contributed by atoms with Crippen LogP contribution in [0.4, 0.5) is 4.39 Å². The lowest BCUT2D eigenvalue weighted by atomic mass is 9.95. The Hall–Kier alpha value is -2.40. The van der Waals surface area contributed by atoms with E-state index in [0.717, 1.165) is 12.0 Å². The van der Waals surface area contributed by atoms with Crippen molar-refractivity contribution in [1.29, 1.82) is 0 Å². The maximum absolute atomic E-state index is 13.3. The molecule has 0 saturated carbocycles. The summed E-state index contributed by atoms with van der Waals surface area (Å²) >= 11 is 5.86. The summed E-state index contributed by atoms with van der Waals surface area (Å²) in [5.74, 6) is -0.666. The van der Waals surface area contributed by atoms with Crippen LogP contribution in [0.15, 0.2) is 48.5 Å². The van der Waals surface area contributed by atoms with Crippen LogP contribution in [0.1, 0.15) is 28.8 Å². The number of rotatable bonds is 5. The molecule has 4 nitrogen and oxygen atoms in total. The van der Waals surface area contributed by atoms with E-state index in [1.807, 2.05) is 24.3 Å². The van der Waals surface area contributed by atoms with E-state index in [9.17, 15) is 14.0 Å². The number of carbonyl (C=O) groups is 2. The van der Waals surface area contributed by atoms with Gasteiger partial charge in [0.25, 0.3) is 5.91 Å². The third-order valence-electron chi connectivity index (χ3n) is 4.85. The fraction of sp³-hybridized carbons (Fsp3) is 0.333. The summed E-state index contributed by atoms with van der Waals surface area (Å²) in [6.45, 7) is 1.58. The van der Waals surface area contributed by atoms with Gasteiger partial charge in [0, 0.05) is 36.1 Å². The number of nitrogens with zero attached hydrogens (tertiary/aromatic N) is 1. The molecule has 2 aromatic carbocycles. The molecular formula is C21H22ClFN2O2. The Kier molecular flexibility index (Phi) is 6.45. The van der Waals surface area contributed by atoms with E-state index >= 15 is 0 Å². The molecule has 1 aliphatic heterocycles. The molecular weight excluding hydrogens is 367 g/mol. The van der Waals surface area contributed by atoms with Gasteiger partial charge < -0.3 is 10.2 Å². The van der Waals surface area contributed by atoms with Crippen LogP contribution >= 0.6 is 11.6 Å². The molecule has 3 rings (SSSR count). The summed E-state index contributed by atoms with van der Waals surface area (Å²) in [4.78, 5) is 26.5. The maximum Gasteiger partial charge on any atom is 0.253 e. The van der Waals surface area contributed by atoms with E-state index in [-0.39, 0.29) is 17.7 Å². The normalized spacial score (nSPS) is 14.8. The third-order valence-corrected chi connectivity index (χ3v) is 5.10. The quantitative estimate of drug-likeness (QED) is 0.849. The molecule has 0 aromatic heterocycles. The molecule has 0 unspecified atom stereocenters. The standard InChI is InChI=1S/C21H22ClFN2O2/c22-18-6-4-15(5-7-18)8-11-24-20(26)16-9-12-25(13-10-16)21(27)17-2-1-3-19(23)14-17/h1-7,14,16H,8-13H2,(H,24,26). The van der Waals surface area contributed by atoms with Gasteiger partial charge in [-0.05, 0) is 55.2 Å². The van der Waals surface area contributed by atoms with E-state index < -0.39 is 5.82 Å². The van der Waals surface area contributed by atoms with Crippen LogP contribution in [0, 0.1) is 11.7 Å². The number of halogens is 2. The fourth-order valence-electron chi connectivity index (χ4n) is 3.27. The summed E-state index contributed by atoms with van der Waals surface area (Å²) in [7, 11) is 0. The molecule has 0 radical (unpaired) electrons. The minimum Gasteiger partial charge on any atom is -0.356 e. The maximum atomic E-state index is 13.3. The van der Waals surface area contributed by atoms with Crippen LogP contribution in [-0.4, -0.2) is 36.3 Å². The number of benzene rings is 2. The summed E-state index contributed by atoms with van der Waals surface area (Å²) in [6.07, 6.45) is 1.99. The minimum absolute atomic E-state index is 0.0295. The van der Waals surface area contributed by atoms with Crippen LogP contribution in [0.5, 0.6) is 0 Å². The SMILES string of the molecule is O=C(NCCc1ccc(Cl)cc1)C1CCN(C(=O)c2cccc(F)c2)CC1. The van der Waals surface area contributed by atoms with Crippen molar-refractivity contribution in [2.75, 3.05) is 19.6 Å². The second-order valence-corrected chi connectivity index (χ2v) is 7.18. The Morgan fingerprint density at radius 2 is 1.81 bits per heavy atom. The number of nitrogens with one attached hydrogen (secondary N) is 1. The van der Waals surface area contributed by atoms with Crippen molar-refractivity contribution in [1.82, 2.24) is 10.2 Å². The highest BCUT2D eigenvalue weighted by Gasteiger charge is 2.27. The largest absolute Gasteiger partial charge is 0.356 e. The Morgan fingerprint density at radius 3 is 2.48 bits per heavy atom. The first-order valence-electron chi connectivity index (χ1n) is 9.10. The van der Waals surface area contributed by atoms with Gasteiger partial charge in [-0.3, -0.25) is 9.59 Å². The second kappa shape index (κ2) is 9.00. The Labute approximate surface area is 163 Å². The third kappa shape index (κ3) is 5.30. The van der Waals surface area contributed by atoms with Gasteiger partial charge >= 0.3 is 0 Å². The minimum atomic E-state index is -0.421. The Balaban J connectivity index is 1.43. The second-order valence-electron chi connectivity index (χ2n) is 6.74. The molecule has 1 fully saturated rings. The first kappa shape index (κ1) is 19.4. The molecule has 1 aliphatic rings. The van der Waals surface area contributed by atoms with Crippen molar-refractivity contribution >= 4 is 23.4 Å². The Bertz CT molecular complexity index is 802. The number of piperidine rings is 1. The highest BCUT2D eigenvalue weighted by atomic mass is 35.5. The highest BCUT2D eigenvalue weighted by Crippen LogP contribution is 2.19. The van der Waals surface area contributed by atoms with Gasteiger partial charge in [0.15, 0.2) is 0 Å². The van der Waals surface area contributed by atoms with E-state index in [2.05, 4.69) is 5.32 Å². The lowest BCUT2D eigenvalue weighted by molar-refractivity contribution is -0.126. The highest BCUT2D eigenvalue weighted by molar-refractivity contribution is 6.30. The molecule has 1 N–H and O–H groups in total. The van der Waals surface area contributed by atoms with Gasteiger partial charge in [0.1, 0.15) is 5.82 Å². The number of likely N-dealkylation sites (tertiary alicyclic amines) is 1. The van der Waals surface area contributed by atoms with Crippen molar-refractivity contribution in [3.63, 3.8) is 0 Å². The molecule has 1 heterocycles. The molecule has 0 bridgehead atoms. The smallest absolute Gasteiger partial charge is 0.253 e. The molecule has 0 atom stereocenters. The monoisotopic (exact) mass is 388 g/mol. The summed E-state index contributed by atoms with van der Waals surface area (Å²) in [6, 6.07) is 13.3. The summed E-state index contributed by atoms with van der Waals surface area (Å²) in [5, 5.41) is 3.67. The number of amides is 2. The zero-order valence-corrected chi connectivity index (χ0v) is 15.7. The predicted octanol–water partition coefficient (Wildman–Crippen LogP) is 3.69. The lowest BCUT2D eigenvalue weighted by Gasteiger charge is -2.31. The van der Waals surface area contributed by atoms with Gasteiger partial charge in [-0.2, -0.15) is 0 Å². The first-order chi connectivity index (χ1) is 13.0. The number of hydrogen-bond acceptors (Lipinski definition) is 2. The predicted molar refractivity (Wildman–Crippen MR) is 103 cm³/mol. The van der Waals surface area contributed by atoms with E-state index in [1.54, 1.807) is 11.0 Å². The zero-order chi connectivity index (χ0) is 19.2. The van der Waals surface area contributed by atoms with Crippen LogP contribution in [0.3, 0.4) is 0 Å². The topological polar surface area (TPSA) is 49.4 Å². The van der Waals surface area contributed by atoms with Crippen molar-refractivity contribution in [3.05, 3.63) is 70.5 Å². The van der Waals surface area contributed by atoms with Gasteiger partial charge in [0.2, 0.25) is 5.91 Å². The average Bonchev–Trinajstić information content (AvgIpc) is 2.69. The van der Waals surface area contributed by atoms with Crippen LogP contribution in [0.25, 0.3) is 0 Å². The van der Waals surface area contributed by atoms with Crippen molar-refractivity contribution in [2.45, 2.75) is 19.3 Å². The molecule has 2 amide bonds.